The molecule has 11 heavy (non-hydrogen) atoms. The van der Waals surface area contributed by atoms with E-state index in [9.17, 15) is 0 Å². The van der Waals surface area contributed by atoms with Crippen LogP contribution in [-0.2, 0) is 13.3 Å². The van der Waals surface area contributed by atoms with Crippen molar-refractivity contribution in [2.45, 2.75) is 6.04 Å². The van der Waals surface area contributed by atoms with Crippen LogP contribution < -0.4 is 0 Å². The molecule has 0 atom stereocenters. The second-order valence-electron chi connectivity index (χ2n) is 1.93. The Balaban J connectivity index is 3.96. The van der Waals surface area contributed by atoms with Crippen molar-refractivity contribution in [1.82, 2.24) is 0 Å². The summed E-state index contributed by atoms with van der Waals surface area (Å²) in [4.78, 5) is 3.21. The first-order valence-electron chi connectivity index (χ1n) is 3.23. The van der Waals surface area contributed by atoms with Crippen LogP contribution in [0.15, 0.2) is 0 Å². The van der Waals surface area contributed by atoms with Crippen LogP contribution in [0.4, 0.5) is 0 Å². The SMILES string of the molecule is [C-]#[N+]CC[Si](OC)(OC)OC. The maximum Gasteiger partial charge on any atom is 0.507 e. The predicted molar refractivity (Wildman–Crippen MR) is 43.1 cm³/mol. The molecule has 0 saturated carbocycles. The number of nitrogens with zero attached hydrogens (tertiary/aromatic N) is 1. The van der Waals surface area contributed by atoms with Gasteiger partial charge in [0.2, 0.25) is 6.54 Å². The van der Waals surface area contributed by atoms with Crippen molar-refractivity contribution in [2.24, 2.45) is 0 Å². The van der Waals surface area contributed by atoms with Crippen molar-refractivity contribution in [3.05, 3.63) is 11.4 Å². The summed E-state index contributed by atoms with van der Waals surface area (Å²) in [6.07, 6.45) is 0. The molecule has 0 aromatic rings. The standard InChI is InChI=1S/C6H13NO3Si/c1-7-5-6-11(8-2,9-3)10-4/h5-6H2,2-4H3. The van der Waals surface area contributed by atoms with Gasteiger partial charge in [-0.15, -0.1) is 0 Å². The molecule has 5 heteroatoms. The van der Waals surface area contributed by atoms with Crippen LogP contribution in [0.2, 0.25) is 6.04 Å². The van der Waals surface area contributed by atoms with E-state index in [0.717, 1.165) is 0 Å². The summed E-state index contributed by atoms with van der Waals surface area (Å²) in [5.41, 5.74) is 0. The first kappa shape index (κ1) is 10.6. The topological polar surface area (TPSA) is 32.0 Å². The van der Waals surface area contributed by atoms with E-state index in [0.29, 0.717) is 12.6 Å². The van der Waals surface area contributed by atoms with Crippen LogP contribution in [0, 0.1) is 6.57 Å². The second-order valence-corrected chi connectivity index (χ2v) is 5.02. The zero-order valence-electron chi connectivity index (χ0n) is 7.09. The predicted octanol–water partition coefficient (Wildman–Crippen LogP) is 0.784. The lowest BCUT2D eigenvalue weighted by atomic mass is 10.8. The van der Waals surface area contributed by atoms with Gasteiger partial charge >= 0.3 is 8.80 Å². The minimum atomic E-state index is -2.45. The molecule has 0 bridgehead atoms. The third kappa shape index (κ3) is 2.99. The molecule has 0 saturated heterocycles. The number of rotatable bonds is 5. The molecule has 0 N–H and O–H groups in total. The van der Waals surface area contributed by atoms with Gasteiger partial charge < -0.3 is 18.1 Å². The number of hydrogen-bond acceptors (Lipinski definition) is 3. The van der Waals surface area contributed by atoms with Gasteiger partial charge in [-0.05, 0) is 0 Å². The Morgan fingerprint density at radius 1 is 1.18 bits per heavy atom. The van der Waals surface area contributed by atoms with Crippen LogP contribution in [0.5, 0.6) is 0 Å². The summed E-state index contributed by atoms with van der Waals surface area (Å²) in [5.74, 6) is 0. The lowest BCUT2D eigenvalue weighted by molar-refractivity contribution is 0.125. The molecule has 0 heterocycles. The molecule has 0 spiro atoms. The summed E-state index contributed by atoms with van der Waals surface area (Å²) >= 11 is 0. The van der Waals surface area contributed by atoms with E-state index in [4.69, 9.17) is 19.9 Å². The van der Waals surface area contributed by atoms with E-state index < -0.39 is 8.80 Å². The Morgan fingerprint density at radius 2 is 1.64 bits per heavy atom. The van der Waals surface area contributed by atoms with Crippen molar-refractivity contribution in [2.75, 3.05) is 27.9 Å². The minimum Gasteiger partial charge on any atom is -0.377 e. The molecule has 0 radical (unpaired) electrons. The number of hydrogen-bond donors (Lipinski definition) is 0. The first-order valence-corrected chi connectivity index (χ1v) is 5.16. The van der Waals surface area contributed by atoms with E-state index in [1.54, 1.807) is 21.3 Å². The minimum absolute atomic E-state index is 0.391. The molecule has 0 rings (SSSR count). The highest BCUT2D eigenvalue weighted by Gasteiger charge is 2.38. The average Bonchev–Trinajstić information content (AvgIpc) is 2.08. The van der Waals surface area contributed by atoms with Crippen molar-refractivity contribution >= 4 is 8.80 Å². The molecular formula is C6H13NO3Si. The normalized spacial score (nSPS) is 11.1. The fourth-order valence-corrected chi connectivity index (χ4v) is 2.25. The lowest BCUT2D eigenvalue weighted by Gasteiger charge is -2.21. The molecule has 64 valence electrons. The Labute approximate surface area is 68.3 Å². The lowest BCUT2D eigenvalue weighted by Crippen LogP contribution is -2.43. The highest BCUT2D eigenvalue weighted by atomic mass is 28.4. The van der Waals surface area contributed by atoms with E-state index in [1.807, 2.05) is 0 Å². The van der Waals surface area contributed by atoms with Gasteiger partial charge in [-0.2, -0.15) is 0 Å². The van der Waals surface area contributed by atoms with Crippen LogP contribution in [-0.4, -0.2) is 36.7 Å². The Morgan fingerprint density at radius 3 is 1.91 bits per heavy atom. The zero-order chi connectivity index (χ0) is 8.74. The van der Waals surface area contributed by atoms with E-state index in [1.165, 1.54) is 0 Å². The van der Waals surface area contributed by atoms with Crippen molar-refractivity contribution < 1.29 is 13.3 Å². The smallest absolute Gasteiger partial charge is 0.377 e. The quantitative estimate of drug-likeness (QED) is 0.457. The van der Waals surface area contributed by atoms with Gasteiger partial charge in [-0.25, -0.2) is 6.57 Å². The highest BCUT2D eigenvalue weighted by molar-refractivity contribution is 6.60. The average molecular weight is 175 g/mol. The molecule has 0 aliphatic carbocycles. The van der Waals surface area contributed by atoms with Gasteiger partial charge in [-0.1, -0.05) is 0 Å². The van der Waals surface area contributed by atoms with Crippen molar-refractivity contribution in [1.29, 1.82) is 0 Å². The molecule has 0 aromatic heterocycles. The maximum absolute atomic E-state index is 6.59. The van der Waals surface area contributed by atoms with Crippen LogP contribution in [0.1, 0.15) is 0 Å². The molecule has 0 aliphatic heterocycles. The second kappa shape index (κ2) is 5.27. The van der Waals surface area contributed by atoms with Crippen molar-refractivity contribution in [3.63, 3.8) is 0 Å². The molecular weight excluding hydrogens is 162 g/mol. The zero-order valence-corrected chi connectivity index (χ0v) is 8.09. The molecule has 0 fully saturated rings. The third-order valence-electron chi connectivity index (χ3n) is 1.46. The summed E-state index contributed by atoms with van der Waals surface area (Å²) in [6.45, 7) is 6.98. The molecule has 0 aromatic carbocycles. The Bertz CT molecular complexity index is 133. The van der Waals surface area contributed by atoms with Gasteiger partial charge in [0, 0.05) is 21.3 Å². The molecule has 0 amide bonds. The van der Waals surface area contributed by atoms with Crippen LogP contribution in [0.3, 0.4) is 0 Å². The van der Waals surface area contributed by atoms with E-state index >= 15 is 0 Å². The Kier molecular flexibility index (Phi) is 5.07. The molecule has 0 aliphatic rings. The van der Waals surface area contributed by atoms with E-state index in [-0.39, 0.29) is 0 Å². The van der Waals surface area contributed by atoms with Crippen LogP contribution >= 0.6 is 0 Å². The fourth-order valence-electron chi connectivity index (χ4n) is 0.749. The van der Waals surface area contributed by atoms with Gasteiger partial charge in [0.1, 0.15) is 0 Å². The van der Waals surface area contributed by atoms with Gasteiger partial charge in [0.15, 0.2) is 0 Å². The van der Waals surface area contributed by atoms with Crippen LogP contribution in [0.25, 0.3) is 4.85 Å². The molecule has 0 unspecified atom stereocenters. The summed E-state index contributed by atoms with van der Waals surface area (Å²) in [7, 11) is 2.18. The monoisotopic (exact) mass is 175 g/mol. The third-order valence-corrected chi connectivity index (χ3v) is 4.16. The van der Waals surface area contributed by atoms with Crippen molar-refractivity contribution in [3.8, 4) is 0 Å². The van der Waals surface area contributed by atoms with Gasteiger partial charge in [0.05, 0.1) is 6.04 Å². The summed E-state index contributed by atoms with van der Waals surface area (Å²) < 4.78 is 15.3. The van der Waals surface area contributed by atoms with Gasteiger partial charge in [-0.3, -0.25) is 0 Å². The fraction of sp³-hybridized carbons (Fsp3) is 0.833. The Hall–Kier alpha value is -0.413. The van der Waals surface area contributed by atoms with E-state index in [2.05, 4.69) is 4.85 Å². The highest BCUT2D eigenvalue weighted by Crippen LogP contribution is 2.11. The maximum atomic E-state index is 6.59. The summed E-state index contributed by atoms with van der Waals surface area (Å²) in [6, 6.07) is 0.556. The molecule has 4 nitrogen and oxygen atoms in total. The largest absolute Gasteiger partial charge is 0.507 e. The first-order chi connectivity index (χ1) is 5.24. The summed E-state index contributed by atoms with van der Waals surface area (Å²) in [5, 5.41) is 0. The van der Waals surface area contributed by atoms with Gasteiger partial charge in [0.25, 0.3) is 0 Å².